The van der Waals surface area contributed by atoms with Crippen LogP contribution in [0.25, 0.3) is 0 Å². The molecule has 4 nitrogen and oxygen atoms in total. The van der Waals surface area contributed by atoms with E-state index in [1.165, 1.54) is 49.8 Å². The maximum atomic E-state index is 13.5. The maximum Gasteiger partial charge on any atom is 0.277 e. The summed E-state index contributed by atoms with van der Waals surface area (Å²) in [7, 11) is 0. The second-order valence-corrected chi connectivity index (χ2v) is 5.78. The second-order valence-electron chi connectivity index (χ2n) is 5.78. The summed E-state index contributed by atoms with van der Waals surface area (Å²) in [6.45, 7) is 3.47. The molecule has 1 aromatic heterocycles. The molecule has 1 saturated heterocycles. The van der Waals surface area contributed by atoms with Gasteiger partial charge in [-0.3, -0.25) is 4.79 Å². The maximum absolute atomic E-state index is 13.5. The Kier molecular flexibility index (Phi) is 4.98. The zero-order valence-electron chi connectivity index (χ0n) is 13.0. The van der Waals surface area contributed by atoms with E-state index in [0.29, 0.717) is 5.69 Å². The van der Waals surface area contributed by atoms with Crippen molar-refractivity contribution in [1.29, 1.82) is 0 Å². The summed E-state index contributed by atoms with van der Waals surface area (Å²) >= 11 is 0. The monoisotopic (exact) mass is 313 g/mol. The van der Waals surface area contributed by atoms with E-state index in [2.05, 4.69) is 15.2 Å². The first-order valence-electron chi connectivity index (χ1n) is 7.95. The molecule has 5 heteroatoms. The molecule has 1 aliphatic heterocycles. The van der Waals surface area contributed by atoms with Crippen LogP contribution in [0.4, 0.5) is 10.1 Å². The number of rotatable bonds is 5. The van der Waals surface area contributed by atoms with E-state index in [0.717, 1.165) is 13.0 Å². The van der Waals surface area contributed by atoms with Crippen LogP contribution < -0.4 is 5.32 Å². The standard InChI is InChI=1S/C18H20FN3O/c19-16-4-3-10-20-17(16)18(23)21-15-7-5-14(6-8-15)9-13-22-11-1-2-12-22/h3-8,10H,1-2,9,11-13H2,(H,21,23). The number of benzene rings is 1. The van der Waals surface area contributed by atoms with Crippen LogP contribution in [-0.2, 0) is 6.42 Å². The third-order valence-electron chi connectivity index (χ3n) is 4.10. The predicted octanol–water partition coefficient (Wildman–Crippen LogP) is 3.11. The molecule has 2 aromatic rings. The Labute approximate surface area is 135 Å². The smallest absolute Gasteiger partial charge is 0.277 e. The first-order valence-corrected chi connectivity index (χ1v) is 7.95. The van der Waals surface area contributed by atoms with Gasteiger partial charge in [-0.1, -0.05) is 12.1 Å². The Morgan fingerprint density at radius 3 is 2.61 bits per heavy atom. The molecule has 0 atom stereocenters. The van der Waals surface area contributed by atoms with Crippen molar-refractivity contribution in [3.05, 3.63) is 59.7 Å². The van der Waals surface area contributed by atoms with Crippen molar-refractivity contribution in [1.82, 2.24) is 9.88 Å². The Balaban J connectivity index is 1.56. The number of hydrogen-bond acceptors (Lipinski definition) is 3. The van der Waals surface area contributed by atoms with Crippen LogP contribution in [0.15, 0.2) is 42.6 Å². The molecule has 0 unspecified atom stereocenters. The Morgan fingerprint density at radius 1 is 1.17 bits per heavy atom. The van der Waals surface area contributed by atoms with E-state index < -0.39 is 11.7 Å². The Bertz CT molecular complexity index is 666. The third kappa shape index (κ3) is 4.13. The fraction of sp³-hybridized carbons (Fsp3) is 0.333. The highest BCUT2D eigenvalue weighted by atomic mass is 19.1. The minimum Gasteiger partial charge on any atom is -0.321 e. The van der Waals surface area contributed by atoms with Crippen LogP contribution in [0.5, 0.6) is 0 Å². The molecule has 0 aliphatic carbocycles. The van der Waals surface area contributed by atoms with E-state index >= 15 is 0 Å². The average Bonchev–Trinajstić information content (AvgIpc) is 3.08. The number of carbonyl (C=O) groups excluding carboxylic acids is 1. The topological polar surface area (TPSA) is 45.2 Å². The van der Waals surface area contributed by atoms with Gasteiger partial charge in [0, 0.05) is 18.4 Å². The minimum absolute atomic E-state index is 0.189. The summed E-state index contributed by atoms with van der Waals surface area (Å²) in [4.78, 5) is 18.2. The minimum atomic E-state index is -0.618. The lowest BCUT2D eigenvalue weighted by Crippen LogP contribution is -2.21. The Morgan fingerprint density at radius 2 is 1.91 bits per heavy atom. The van der Waals surface area contributed by atoms with Gasteiger partial charge in [0.15, 0.2) is 11.5 Å². The van der Waals surface area contributed by atoms with Gasteiger partial charge in [0.05, 0.1) is 0 Å². The van der Waals surface area contributed by atoms with E-state index in [1.54, 1.807) is 0 Å². The number of nitrogens with one attached hydrogen (secondary N) is 1. The lowest BCUT2D eigenvalue weighted by molar-refractivity contribution is 0.101. The molecule has 1 aliphatic rings. The number of carbonyl (C=O) groups is 1. The largest absolute Gasteiger partial charge is 0.321 e. The van der Waals surface area contributed by atoms with E-state index in [9.17, 15) is 9.18 Å². The lowest BCUT2D eigenvalue weighted by Gasteiger charge is -2.14. The fourth-order valence-electron chi connectivity index (χ4n) is 2.79. The van der Waals surface area contributed by atoms with Crippen molar-refractivity contribution in [2.24, 2.45) is 0 Å². The van der Waals surface area contributed by atoms with E-state index in [1.807, 2.05) is 24.3 Å². The van der Waals surface area contributed by atoms with Gasteiger partial charge in [-0.25, -0.2) is 9.37 Å². The first-order chi connectivity index (χ1) is 11.2. The van der Waals surface area contributed by atoms with Crippen LogP contribution in [-0.4, -0.2) is 35.4 Å². The summed E-state index contributed by atoms with van der Waals surface area (Å²) in [6, 6.07) is 10.4. The lowest BCUT2D eigenvalue weighted by atomic mass is 10.1. The quantitative estimate of drug-likeness (QED) is 0.922. The molecule has 1 N–H and O–H groups in total. The highest BCUT2D eigenvalue weighted by molar-refractivity contribution is 6.02. The molecular formula is C18H20FN3O. The van der Waals surface area contributed by atoms with Gasteiger partial charge in [0.25, 0.3) is 5.91 Å². The van der Waals surface area contributed by atoms with Crippen LogP contribution in [0, 0.1) is 5.82 Å². The van der Waals surface area contributed by atoms with Gasteiger partial charge in [-0.2, -0.15) is 0 Å². The molecule has 0 radical (unpaired) electrons. The van der Waals surface area contributed by atoms with Gasteiger partial charge in [-0.15, -0.1) is 0 Å². The van der Waals surface area contributed by atoms with Crippen molar-refractivity contribution < 1.29 is 9.18 Å². The molecule has 1 amide bonds. The van der Waals surface area contributed by atoms with Crippen LogP contribution >= 0.6 is 0 Å². The van der Waals surface area contributed by atoms with Gasteiger partial charge < -0.3 is 10.2 Å². The Hall–Kier alpha value is -2.27. The molecule has 0 spiro atoms. The molecular weight excluding hydrogens is 293 g/mol. The van der Waals surface area contributed by atoms with Crippen molar-refractivity contribution in [2.45, 2.75) is 19.3 Å². The van der Waals surface area contributed by atoms with Crippen molar-refractivity contribution >= 4 is 11.6 Å². The highest BCUT2D eigenvalue weighted by Gasteiger charge is 2.13. The highest BCUT2D eigenvalue weighted by Crippen LogP contribution is 2.14. The van der Waals surface area contributed by atoms with E-state index in [-0.39, 0.29) is 5.69 Å². The fourth-order valence-corrected chi connectivity index (χ4v) is 2.79. The number of nitrogens with zero attached hydrogens (tertiary/aromatic N) is 2. The summed E-state index contributed by atoms with van der Waals surface area (Å²) < 4.78 is 13.5. The molecule has 2 heterocycles. The first kappa shape index (κ1) is 15.6. The van der Waals surface area contributed by atoms with Crippen molar-refractivity contribution in [3.63, 3.8) is 0 Å². The van der Waals surface area contributed by atoms with Crippen molar-refractivity contribution in [3.8, 4) is 0 Å². The number of amides is 1. The van der Waals surface area contributed by atoms with Crippen molar-refractivity contribution in [2.75, 3.05) is 25.0 Å². The number of halogens is 1. The number of anilines is 1. The second kappa shape index (κ2) is 7.33. The van der Waals surface area contributed by atoms with Gasteiger partial charge >= 0.3 is 0 Å². The van der Waals surface area contributed by atoms with Gasteiger partial charge in [0.1, 0.15) is 0 Å². The molecule has 23 heavy (non-hydrogen) atoms. The zero-order chi connectivity index (χ0) is 16.1. The third-order valence-corrected chi connectivity index (χ3v) is 4.10. The molecule has 0 saturated carbocycles. The molecule has 120 valence electrons. The summed E-state index contributed by atoms with van der Waals surface area (Å²) in [6.07, 6.45) is 5.01. The van der Waals surface area contributed by atoms with Gasteiger partial charge in [-0.05, 0) is 62.2 Å². The van der Waals surface area contributed by atoms with Gasteiger partial charge in [0.2, 0.25) is 0 Å². The molecule has 0 bridgehead atoms. The number of likely N-dealkylation sites (tertiary alicyclic amines) is 1. The summed E-state index contributed by atoms with van der Waals surface area (Å²) in [5, 5.41) is 2.67. The van der Waals surface area contributed by atoms with Crippen LogP contribution in [0.2, 0.25) is 0 Å². The molecule has 3 rings (SSSR count). The zero-order valence-corrected chi connectivity index (χ0v) is 13.0. The predicted molar refractivity (Wildman–Crippen MR) is 88.0 cm³/mol. The summed E-state index contributed by atoms with van der Waals surface area (Å²) in [5.41, 5.74) is 1.69. The van der Waals surface area contributed by atoms with Crippen LogP contribution in [0.1, 0.15) is 28.9 Å². The van der Waals surface area contributed by atoms with E-state index in [4.69, 9.17) is 0 Å². The number of pyridine rings is 1. The average molecular weight is 313 g/mol. The normalized spacial score (nSPS) is 14.8. The number of hydrogen-bond donors (Lipinski definition) is 1. The summed E-state index contributed by atoms with van der Waals surface area (Å²) in [5.74, 6) is -1.15. The molecule has 1 fully saturated rings. The van der Waals surface area contributed by atoms with Crippen LogP contribution in [0.3, 0.4) is 0 Å². The SMILES string of the molecule is O=C(Nc1ccc(CCN2CCCC2)cc1)c1ncccc1F. The number of aromatic nitrogens is 1. The molecule has 1 aromatic carbocycles.